The van der Waals surface area contributed by atoms with Crippen molar-refractivity contribution >= 4 is 17.6 Å². The Morgan fingerprint density at radius 2 is 2.11 bits per heavy atom. The number of benzene rings is 1. The Balaban J connectivity index is 2.85. The number of nitrogens with zero attached hydrogens (tertiary/aromatic N) is 1. The van der Waals surface area contributed by atoms with Crippen LogP contribution in [0.5, 0.6) is 0 Å². The molecule has 0 aliphatic heterocycles. The van der Waals surface area contributed by atoms with E-state index in [4.69, 9.17) is 5.11 Å². The summed E-state index contributed by atoms with van der Waals surface area (Å²) in [6.45, 7) is 2.07. The number of carbonyl (C=O) groups excluding carboxylic acids is 1. The molecule has 0 aliphatic rings. The lowest BCUT2D eigenvalue weighted by Crippen LogP contribution is -2.34. The molecule has 104 valence electrons. The maximum Gasteiger partial charge on any atom is 0.335 e. The number of halogens is 1. The predicted molar refractivity (Wildman–Crippen MR) is 69.9 cm³/mol. The first kappa shape index (κ1) is 14.9. The number of hydrogen-bond acceptors (Lipinski definition) is 3. The van der Waals surface area contributed by atoms with E-state index in [1.807, 2.05) is 0 Å². The summed E-state index contributed by atoms with van der Waals surface area (Å²) in [6.07, 6.45) is 0. The van der Waals surface area contributed by atoms with E-state index in [9.17, 15) is 14.0 Å². The topological polar surface area (TPSA) is 69.6 Å². The molecule has 0 radical (unpaired) electrons. The number of anilines is 1. The van der Waals surface area contributed by atoms with Crippen LogP contribution in [0.1, 0.15) is 17.3 Å². The van der Waals surface area contributed by atoms with Crippen molar-refractivity contribution in [2.45, 2.75) is 6.92 Å². The molecule has 0 aromatic heterocycles. The van der Waals surface area contributed by atoms with Crippen LogP contribution in [0.3, 0.4) is 0 Å². The normalized spacial score (nSPS) is 11.8. The van der Waals surface area contributed by atoms with Gasteiger partial charge in [-0.15, -0.1) is 0 Å². The lowest BCUT2D eigenvalue weighted by molar-refractivity contribution is -0.123. The smallest absolute Gasteiger partial charge is 0.335 e. The van der Waals surface area contributed by atoms with Gasteiger partial charge in [-0.05, 0) is 18.2 Å². The highest BCUT2D eigenvalue weighted by molar-refractivity contribution is 5.88. The fourth-order valence-electron chi connectivity index (χ4n) is 1.79. The number of carboxylic acids is 1. The second-order valence-electron chi connectivity index (χ2n) is 4.37. The zero-order valence-electron chi connectivity index (χ0n) is 11.1. The SMILES string of the molecule is CNC(=O)C(C)CN(C)c1ccc(C(=O)O)cc1F. The molecule has 1 rings (SSSR count). The summed E-state index contributed by atoms with van der Waals surface area (Å²) < 4.78 is 13.8. The summed E-state index contributed by atoms with van der Waals surface area (Å²) in [5.41, 5.74) is 0.162. The maximum absolute atomic E-state index is 13.8. The zero-order valence-corrected chi connectivity index (χ0v) is 11.1. The molecule has 5 nitrogen and oxygen atoms in total. The number of nitrogens with one attached hydrogen (secondary N) is 1. The molecule has 1 amide bonds. The van der Waals surface area contributed by atoms with E-state index in [1.165, 1.54) is 12.1 Å². The molecular weight excluding hydrogens is 251 g/mol. The first-order valence-corrected chi connectivity index (χ1v) is 5.82. The Labute approximate surface area is 111 Å². The average Bonchev–Trinajstić information content (AvgIpc) is 2.37. The van der Waals surface area contributed by atoms with Crippen molar-refractivity contribution in [3.63, 3.8) is 0 Å². The van der Waals surface area contributed by atoms with Gasteiger partial charge in [0.2, 0.25) is 5.91 Å². The van der Waals surface area contributed by atoms with Crippen LogP contribution in [-0.4, -0.2) is 37.6 Å². The van der Waals surface area contributed by atoms with E-state index >= 15 is 0 Å². The molecular formula is C13H17FN2O3. The molecule has 0 heterocycles. The largest absolute Gasteiger partial charge is 0.478 e. The van der Waals surface area contributed by atoms with E-state index in [-0.39, 0.29) is 23.1 Å². The van der Waals surface area contributed by atoms with E-state index in [1.54, 1.807) is 25.9 Å². The summed E-state index contributed by atoms with van der Waals surface area (Å²) >= 11 is 0. The highest BCUT2D eigenvalue weighted by atomic mass is 19.1. The zero-order chi connectivity index (χ0) is 14.6. The molecule has 0 saturated carbocycles. The molecule has 0 aliphatic carbocycles. The van der Waals surface area contributed by atoms with Gasteiger partial charge in [0.15, 0.2) is 0 Å². The Hall–Kier alpha value is -2.11. The number of amides is 1. The quantitative estimate of drug-likeness (QED) is 0.845. The van der Waals surface area contributed by atoms with Crippen molar-refractivity contribution in [2.24, 2.45) is 5.92 Å². The number of carboxylic acid groups (broad SMARTS) is 1. The van der Waals surface area contributed by atoms with Gasteiger partial charge in [0.25, 0.3) is 0 Å². The standard InChI is InChI=1S/C13H17FN2O3/c1-8(12(17)15-2)7-16(3)11-5-4-9(13(18)19)6-10(11)14/h4-6,8H,7H2,1-3H3,(H,15,17)(H,18,19). The Morgan fingerprint density at radius 1 is 1.47 bits per heavy atom. The summed E-state index contributed by atoms with van der Waals surface area (Å²) in [4.78, 5) is 23.7. The molecule has 0 fully saturated rings. The molecule has 1 unspecified atom stereocenters. The summed E-state index contributed by atoms with van der Waals surface area (Å²) in [5.74, 6) is -2.22. The van der Waals surface area contributed by atoms with Crippen molar-refractivity contribution in [2.75, 3.05) is 25.5 Å². The van der Waals surface area contributed by atoms with Gasteiger partial charge in [-0.25, -0.2) is 9.18 Å². The monoisotopic (exact) mass is 268 g/mol. The Morgan fingerprint density at radius 3 is 2.58 bits per heavy atom. The van der Waals surface area contributed by atoms with Gasteiger partial charge in [-0.1, -0.05) is 6.92 Å². The molecule has 0 saturated heterocycles. The van der Waals surface area contributed by atoms with Crippen LogP contribution in [0.2, 0.25) is 0 Å². The molecule has 0 bridgehead atoms. The maximum atomic E-state index is 13.8. The lowest BCUT2D eigenvalue weighted by Gasteiger charge is -2.23. The van der Waals surface area contributed by atoms with Crippen LogP contribution >= 0.6 is 0 Å². The van der Waals surface area contributed by atoms with Crippen LogP contribution in [0, 0.1) is 11.7 Å². The van der Waals surface area contributed by atoms with E-state index in [0.717, 1.165) is 6.07 Å². The summed E-state index contributed by atoms with van der Waals surface area (Å²) in [7, 11) is 3.19. The van der Waals surface area contributed by atoms with Gasteiger partial charge < -0.3 is 15.3 Å². The minimum absolute atomic E-state index is 0.103. The number of carbonyl (C=O) groups is 2. The van der Waals surface area contributed by atoms with Crippen molar-refractivity contribution < 1.29 is 19.1 Å². The third-order valence-electron chi connectivity index (χ3n) is 2.85. The summed E-state index contributed by atoms with van der Waals surface area (Å²) in [6, 6.07) is 3.70. The van der Waals surface area contributed by atoms with Gasteiger partial charge >= 0.3 is 5.97 Å². The first-order chi connectivity index (χ1) is 8.86. The Bertz CT molecular complexity index is 491. The van der Waals surface area contributed by atoms with Gasteiger partial charge in [0.05, 0.1) is 17.2 Å². The van der Waals surface area contributed by atoms with Gasteiger partial charge in [0.1, 0.15) is 5.82 Å². The van der Waals surface area contributed by atoms with E-state index in [2.05, 4.69) is 5.32 Å². The second kappa shape index (κ2) is 6.17. The highest BCUT2D eigenvalue weighted by Gasteiger charge is 2.17. The van der Waals surface area contributed by atoms with Gasteiger partial charge in [-0.2, -0.15) is 0 Å². The third kappa shape index (κ3) is 3.67. The molecule has 1 atom stereocenters. The third-order valence-corrected chi connectivity index (χ3v) is 2.85. The summed E-state index contributed by atoms with van der Waals surface area (Å²) in [5, 5.41) is 11.3. The molecule has 0 spiro atoms. The minimum Gasteiger partial charge on any atom is -0.478 e. The predicted octanol–water partition coefficient (Wildman–Crippen LogP) is 1.34. The minimum atomic E-state index is -1.17. The number of rotatable bonds is 5. The van der Waals surface area contributed by atoms with Crippen molar-refractivity contribution in [3.05, 3.63) is 29.6 Å². The first-order valence-electron chi connectivity index (χ1n) is 5.82. The van der Waals surface area contributed by atoms with Gasteiger partial charge in [-0.3, -0.25) is 4.79 Å². The fraction of sp³-hybridized carbons (Fsp3) is 0.385. The molecule has 1 aromatic carbocycles. The fourth-order valence-corrected chi connectivity index (χ4v) is 1.79. The van der Waals surface area contributed by atoms with E-state index < -0.39 is 11.8 Å². The molecule has 19 heavy (non-hydrogen) atoms. The van der Waals surface area contributed by atoms with Crippen LogP contribution in [0.15, 0.2) is 18.2 Å². The molecule has 6 heteroatoms. The second-order valence-corrected chi connectivity index (χ2v) is 4.37. The van der Waals surface area contributed by atoms with Gasteiger partial charge in [0, 0.05) is 20.6 Å². The Kier molecular flexibility index (Phi) is 4.86. The van der Waals surface area contributed by atoms with Crippen molar-refractivity contribution in [1.29, 1.82) is 0 Å². The van der Waals surface area contributed by atoms with Crippen LogP contribution in [0.4, 0.5) is 10.1 Å². The van der Waals surface area contributed by atoms with Crippen molar-refractivity contribution in [3.8, 4) is 0 Å². The van der Waals surface area contributed by atoms with E-state index in [0.29, 0.717) is 6.54 Å². The highest BCUT2D eigenvalue weighted by Crippen LogP contribution is 2.20. The number of aromatic carboxylic acids is 1. The number of hydrogen-bond donors (Lipinski definition) is 2. The van der Waals surface area contributed by atoms with Crippen LogP contribution in [-0.2, 0) is 4.79 Å². The average molecular weight is 268 g/mol. The molecule has 1 aromatic rings. The lowest BCUT2D eigenvalue weighted by atomic mass is 10.1. The van der Waals surface area contributed by atoms with Crippen molar-refractivity contribution in [1.82, 2.24) is 5.32 Å². The van der Waals surface area contributed by atoms with Crippen LogP contribution in [0.25, 0.3) is 0 Å². The molecule has 2 N–H and O–H groups in total. The van der Waals surface area contributed by atoms with Crippen LogP contribution < -0.4 is 10.2 Å².